The van der Waals surface area contributed by atoms with Crippen LogP contribution < -0.4 is 0 Å². The average molecular weight is 466 g/mol. The molecule has 0 radical (unpaired) electrons. The standard InChI is InChI=1S/C21H18ClF2N3O3S/c1-13-17(11-14-10-15(22)2-5-20(14)25-13)21(28)26-6-8-27(9-7-26)31(29,30)16-3-4-18(23)19(24)12-16/h2-5,10-12H,6-9H2,1H3. The molecular weight excluding hydrogens is 448 g/mol. The number of nitrogens with zero attached hydrogens (tertiary/aromatic N) is 3. The van der Waals surface area contributed by atoms with E-state index >= 15 is 0 Å². The van der Waals surface area contributed by atoms with Crippen molar-refractivity contribution in [1.82, 2.24) is 14.2 Å². The Hall–Kier alpha value is -2.62. The van der Waals surface area contributed by atoms with E-state index in [1.54, 1.807) is 36.1 Å². The van der Waals surface area contributed by atoms with Crippen LogP contribution in [-0.4, -0.2) is 54.7 Å². The normalized spacial score (nSPS) is 15.4. The van der Waals surface area contributed by atoms with Gasteiger partial charge in [0.05, 0.1) is 21.7 Å². The number of rotatable bonds is 3. The highest BCUT2D eigenvalue weighted by Crippen LogP contribution is 2.24. The summed E-state index contributed by atoms with van der Waals surface area (Å²) in [5, 5.41) is 1.27. The Morgan fingerprint density at radius 1 is 1.00 bits per heavy atom. The van der Waals surface area contributed by atoms with Crippen molar-refractivity contribution < 1.29 is 22.0 Å². The summed E-state index contributed by atoms with van der Waals surface area (Å²) in [7, 11) is -4.00. The van der Waals surface area contributed by atoms with Gasteiger partial charge in [-0.05, 0) is 49.4 Å². The Kier molecular flexibility index (Phi) is 5.67. The van der Waals surface area contributed by atoms with Crippen LogP contribution in [0.5, 0.6) is 0 Å². The number of amides is 1. The van der Waals surface area contributed by atoms with Crippen LogP contribution in [0, 0.1) is 18.6 Å². The number of aromatic nitrogens is 1. The summed E-state index contributed by atoms with van der Waals surface area (Å²) in [5.41, 5.74) is 1.71. The monoisotopic (exact) mass is 465 g/mol. The lowest BCUT2D eigenvalue weighted by Crippen LogP contribution is -2.50. The van der Waals surface area contributed by atoms with Gasteiger partial charge in [0, 0.05) is 36.6 Å². The Morgan fingerprint density at radius 3 is 2.39 bits per heavy atom. The maximum absolute atomic E-state index is 13.5. The quantitative estimate of drug-likeness (QED) is 0.592. The molecule has 4 rings (SSSR count). The van der Waals surface area contributed by atoms with Crippen molar-refractivity contribution >= 4 is 38.4 Å². The van der Waals surface area contributed by atoms with Gasteiger partial charge >= 0.3 is 0 Å². The first-order chi connectivity index (χ1) is 14.7. The highest BCUT2D eigenvalue weighted by Gasteiger charge is 2.31. The van der Waals surface area contributed by atoms with Crippen LogP contribution in [0.2, 0.25) is 5.02 Å². The third-order valence-electron chi connectivity index (χ3n) is 5.25. The first-order valence-electron chi connectivity index (χ1n) is 9.48. The zero-order valence-electron chi connectivity index (χ0n) is 16.5. The maximum Gasteiger partial charge on any atom is 0.255 e. The molecule has 2 heterocycles. The number of carbonyl (C=O) groups excluding carboxylic acids is 1. The number of sulfonamides is 1. The second-order valence-electron chi connectivity index (χ2n) is 7.23. The number of fused-ring (bicyclic) bond motifs is 1. The number of hydrogen-bond donors (Lipinski definition) is 0. The molecular formula is C21H18ClF2N3O3S. The van der Waals surface area contributed by atoms with E-state index in [0.29, 0.717) is 22.3 Å². The molecule has 1 aromatic heterocycles. The van der Waals surface area contributed by atoms with Gasteiger partial charge in [-0.2, -0.15) is 4.31 Å². The van der Waals surface area contributed by atoms with Crippen LogP contribution in [0.1, 0.15) is 16.1 Å². The molecule has 0 N–H and O–H groups in total. The second kappa shape index (κ2) is 8.14. The van der Waals surface area contributed by atoms with Crippen molar-refractivity contribution in [3.8, 4) is 0 Å². The average Bonchev–Trinajstić information content (AvgIpc) is 2.75. The van der Waals surface area contributed by atoms with Crippen LogP contribution in [0.3, 0.4) is 0 Å². The topological polar surface area (TPSA) is 70.6 Å². The van der Waals surface area contributed by atoms with E-state index in [9.17, 15) is 22.0 Å². The van der Waals surface area contributed by atoms with Crippen molar-refractivity contribution in [1.29, 1.82) is 0 Å². The third-order valence-corrected chi connectivity index (χ3v) is 7.38. The lowest BCUT2D eigenvalue weighted by molar-refractivity contribution is 0.0697. The molecule has 1 aliphatic heterocycles. The van der Waals surface area contributed by atoms with Crippen LogP contribution in [0.4, 0.5) is 8.78 Å². The van der Waals surface area contributed by atoms with E-state index in [2.05, 4.69) is 4.98 Å². The predicted octanol–water partition coefficient (Wildman–Crippen LogP) is 3.62. The molecule has 1 aliphatic rings. The fourth-order valence-corrected chi connectivity index (χ4v) is 5.16. The van der Waals surface area contributed by atoms with Gasteiger partial charge in [0.1, 0.15) is 0 Å². The van der Waals surface area contributed by atoms with E-state index in [0.717, 1.165) is 27.3 Å². The van der Waals surface area contributed by atoms with Crippen LogP contribution in [0.15, 0.2) is 47.4 Å². The molecule has 0 atom stereocenters. The van der Waals surface area contributed by atoms with E-state index in [1.165, 1.54) is 0 Å². The Labute approximate surface area is 183 Å². The number of hydrogen-bond acceptors (Lipinski definition) is 4. The van der Waals surface area contributed by atoms with Gasteiger partial charge < -0.3 is 4.90 Å². The van der Waals surface area contributed by atoms with Crippen LogP contribution >= 0.6 is 11.6 Å². The van der Waals surface area contributed by atoms with Gasteiger partial charge in [-0.1, -0.05) is 11.6 Å². The molecule has 2 aromatic carbocycles. The van der Waals surface area contributed by atoms with E-state index in [1.807, 2.05) is 0 Å². The van der Waals surface area contributed by atoms with Crippen molar-refractivity contribution in [2.45, 2.75) is 11.8 Å². The van der Waals surface area contributed by atoms with Gasteiger partial charge in [0.15, 0.2) is 11.6 Å². The highest BCUT2D eigenvalue weighted by atomic mass is 35.5. The first kappa shape index (κ1) is 21.6. The smallest absolute Gasteiger partial charge is 0.255 e. The Balaban J connectivity index is 1.52. The summed E-state index contributed by atoms with van der Waals surface area (Å²) >= 11 is 6.04. The number of carbonyl (C=O) groups is 1. The molecule has 0 aliphatic carbocycles. The summed E-state index contributed by atoms with van der Waals surface area (Å²) in [6, 6.07) is 9.44. The molecule has 1 fully saturated rings. The third kappa shape index (κ3) is 4.13. The molecule has 1 amide bonds. The fourth-order valence-electron chi connectivity index (χ4n) is 3.55. The summed E-state index contributed by atoms with van der Waals surface area (Å²) in [5.74, 6) is -2.60. The summed E-state index contributed by atoms with van der Waals surface area (Å²) in [6.07, 6.45) is 0. The zero-order valence-corrected chi connectivity index (χ0v) is 18.1. The van der Waals surface area contributed by atoms with Crippen molar-refractivity contribution in [3.05, 3.63) is 70.4 Å². The largest absolute Gasteiger partial charge is 0.336 e. The van der Waals surface area contributed by atoms with Gasteiger partial charge in [0.25, 0.3) is 5.91 Å². The lowest BCUT2D eigenvalue weighted by atomic mass is 10.1. The number of piperazine rings is 1. The molecule has 3 aromatic rings. The summed E-state index contributed by atoms with van der Waals surface area (Å²) in [4.78, 5) is 18.7. The van der Waals surface area contributed by atoms with Gasteiger partial charge in [-0.15, -0.1) is 0 Å². The maximum atomic E-state index is 13.5. The van der Waals surface area contributed by atoms with E-state index in [4.69, 9.17) is 11.6 Å². The minimum atomic E-state index is -4.00. The molecule has 0 saturated carbocycles. The van der Waals surface area contributed by atoms with E-state index in [-0.39, 0.29) is 37.0 Å². The number of benzene rings is 2. The summed E-state index contributed by atoms with van der Waals surface area (Å²) in [6.45, 7) is 2.15. The molecule has 0 bridgehead atoms. The van der Waals surface area contributed by atoms with Gasteiger partial charge in [0.2, 0.25) is 10.0 Å². The first-order valence-corrected chi connectivity index (χ1v) is 11.3. The van der Waals surface area contributed by atoms with E-state index < -0.39 is 21.7 Å². The molecule has 10 heteroatoms. The molecule has 31 heavy (non-hydrogen) atoms. The minimum Gasteiger partial charge on any atom is -0.336 e. The number of aryl methyl sites for hydroxylation is 1. The zero-order chi connectivity index (χ0) is 22.3. The number of pyridine rings is 1. The fraction of sp³-hybridized carbons (Fsp3) is 0.238. The van der Waals surface area contributed by atoms with Gasteiger partial charge in [-0.3, -0.25) is 9.78 Å². The van der Waals surface area contributed by atoms with Gasteiger partial charge in [-0.25, -0.2) is 17.2 Å². The Morgan fingerprint density at radius 2 is 1.71 bits per heavy atom. The molecule has 162 valence electrons. The molecule has 0 spiro atoms. The second-order valence-corrected chi connectivity index (χ2v) is 9.60. The lowest BCUT2D eigenvalue weighted by Gasteiger charge is -2.34. The highest BCUT2D eigenvalue weighted by molar-refractivity contribution is 7.89. The predicted molar refractivity (Wildman–Crippen MR) is 113 cm³/mol. The number of halogens is 3. The van der Waals surface area contributed by atoms with Crippen LogP contribution in [-0.2, 0) is 10.0 Å². The molecule has 6 nitrogen and oxygen atoms in total. The van der Waals surface area contributed by atoms with Crippen LogP contribution in [0.25, 0.3) is 10.9 Å². The van der Waals surface area contributed by atoms with Crippen molar-refractivity contribution in [2.75, 3.05) is 26.2 Å². The molecule has 1 saturated heterocycles. The summed E-state index contributed by atoms with van der Waals surface area (Å²) < 4.78 is 53.3. The van der Waals surface area contributed by atoms with Crippen molar-refractivity contribution in [3.63, 3.8) is 0 Å². The SMILES string of the molecule is Cc1nc2ccc(Cl)cc2cc1C(=O)N1CCN(S(=O)(=O)c2ccc(F)c(F)c2)CC1. The Bertz CT molecular complexity index is 1290. The molecule has 0 unspecified atom stereocenters. The van der Waals surface area contributed by atoms with Crippen molar-refractivity contribution in [2.24, 2.45) is 0 Å². The minimum absolute atomic E-state index is 0.0406.